The van der Waals surface area contributed by atoms with Crippen LogP contribution in [0.3, 0.4) is 0 Å². The van der Waals surface area contributed by atoms with E-state index in [1.54, 1.807) is 12.4 Å². The third-order valence-electron chi connectivity index (χ3n) is 5.27. The first-order chi connectivity index (χ1) is 12.2. The van der Waals surface area contributed by atoms with Crippen LogP contribution in [0, 0.1) is 5.92 Å². The van der Waals surface area contributed by atoms with Crippen molar-refractivity contribution < 1.29 is 4.74 Å². The van der Waals surface area contributed by atoms with Crippen molar-refractivity contribution in [3.8, 4) is 0 Å². The molecule has 2 aromatic rings. The van der Waals surface area contributed by atoms with Crippen LogP contribution in [-0.4, -0.2) is 64.8 Å². The lowest BCUT2D eigenvalue weighted by molar-refractivity contribution is -0.0720. The SMILES string of the molecule is CC1CN(CC2CCN(c3ccc4nccnc4n3)CC2)CC(C)O1. The van der Waals surface area contributed by atoms with Crippen LogP contribution >= 0.6 is 0 Å². The first-order valence-corrected chi connectivity index (χ1v) is 9.38. The second-order valence-electron chi connectivity index (χ2n) is 7.47. The molecule has 0 radical (unpaired) electrons. The van der Waals surface area contributed by atoms with Crippen molar-refractivity contribution in [2.45, 2.75) is 38.9 Å². The largest absolute Gasteiger partial charge is 0.373 e. The number of piperidine rings is 1. The van der Waals surface area contributed by atoms with E-state index >= 15 is 0 Å². The molecule has 2 unspecified atom stereocenters. The van der Waals surface area contributed by atoms with Gasteiger partial charge >= 0.3 is 0 Å². The fraction of sp³-hybridized carbons (Fsp3) is 0.632. The zero-order valence-corrected chi connectivity index (χ0v) is 15.1. The Balaban J connectivity index is 1.34. The lowest BCUT2D eigenvalue weighted by atomic mass is 9.95. The van der Waals surface area contributed by atoms with E-state index in [9.17, 15) is 0 Å². The van der Waals surface area contributed by atoms with Crippen LogP contribution in [0.25, 0.3) is 11.2 Å². The summed E-state index contributed by atoms with van der Waals surface area (Å²) in [6, 6.07) is 4.09. The number of fused-ring (bicyclic) bond motifs is 1. The molecule has 2 atom stereocenters. The number of aromatic nitrogens is 3. The standard InChI is InChI=1S/C19H27N5O/c1-14-11-23(12-15(2)25-14)13-16-5-9-24(10-6-16)18-4-3-17-19(22-18)21-8-7-20-17/h3-4,7-8,14-16H,5-6,9-13H2,1-2H3. The van der Waals surface area contributed by atoms with Crippen LogP contribution < -0.4 is 4.90 Å². The molecule has 134 valence electrons. The third kappa shape index (κ3) is 3.90. The maximum atomic E-state index is 5.85. The highest BCUT2D eigenvalue weighted by atomic mass is 16.5. The maximum absolute atomic E-state index is 5.85. The lowest BCUT2D eigenvalue weighted by Gasteiger charge is -2.39. The zero-order valence-electron chi connectivity index (χ0n) is 15.1. The van der Waals surface area contributed by atoms with Gasteiger partial charge in [0.05, 0.1) is 12.2 Å². The molecule has 2 aromatic heterocycles. The van der Waals surface area contributed by atoms with E-state index in [2.05, 4.69) is 44.7 Å². The van der Waals surface area contributed by atoms with E-state index in [1.165, 1.54) is 19.4 Å². The smallest absolute Gasteiger partial charge is 0.180 e. The Hall–Kier alpha value is -1.79. The van der Waals surface area contributed by atoms with Gasteiger partial charge in [-0.25, -0.2) is 9.97 Å². The zero-order chi connectivity index (χ0) is 17.2. The van der Waals surface area contributed by atoms with Gasteiger partial charge in [-0.15, -0.1) is 0 Å². The third-order valence-corrected chi connectivity index (χ3v) is 5.27. The predicted molar refractivity (Wildman–Crippen MR) is 98.7 cm³/mol. The van der Waals surface area contributed by atoms with E-state index in [0.717, 1.165) is 49.1 Å². The molecule has 0 spiro atoms. The lowest BCUT2D eigenvalue weighted by Crippen LogP contribution is -2.48. The Bertz CT molecular complexity index is 706. The molecule has 4 rings (SSSR count). The Morgan fingerprint density at radius 2 is 1.76 bits per heavy atom. The molecule has 6 heteroatoms. The summed E-state index contributed by atoms with van der Waals surface area (Å²) in [4.78, 5) is 18.3. The van der Waals surface area contributed by atoms with Crippen molar-refractivity contribution in [1.29, 1.82) is 0 Å². The number of morpholine rings is 1. The summed E-state index contributed by atoms with van der Waals surface area (Å²) in [5.41, 5.74) is 1.59. The van der Waals surface area contributed by atoms with E-state index in [-0.39, 0.29) is 0 Å². The van der Waals surface area contributed by atoms with Crippen molar-refractivity contribution in [3.63, 3.8) is 0 Å². The fourth-order valence-corrected chi connectivity index (χ4v) is 4.16. The second-order valence-corrected chi connectivity index (χ2v) is 7.47. The summed E-state index contributed by atoms with van der Waals surface area (Å²) in [6.45, 7) is 9.82. The summed E-state index contributed by atoms with van der Waals surface area (Å²) >= 11 is 0. The average Bonchev–Trinajstić information content (AvgIpc) is 2.61. The van der Waals surface area contributed by atoms with Gasteiger partial charge in [-0.05, 0) is 44.7 Å². The molecule has 4 heterocycles. The molecule has 25 heavy (non-hydrogen) atoms. The Labute approximate surface area is 149 Å². The van der Waals surface area contributed by atoms with Gasteiger partial charge in [-0.3, -0.25) is 9.88 Å². The van der Waals surface area contributed by atoms with Gasteiger partial charge in [0, 0.05) is 45.1 Å². The van der Waals surface area contributed by atoms with Crippen LogP contribution in [0.15, 0.2) is 24.5 Å². The van der Waals surface area contributed by atoms with Crippen LogP contribution in [0.2, 0.25) is 0 Å². The number of pyridine rings is 1. The van der Waals surface area contributed by atoms with Crippen molar-refractivity contribution in [2.24, 2.45) is 5.92 Å². The molecule has 0 N–H and O–H groups in total. The highest BCUT2D eigenvalue weighted by Crippen LogP contribution is 2.24. The van der Waals surface area contributed by atoms with E-state index < -0.39 is 0 Å². The van der Waals surface area contributed by atoms with Gasteiger partial charge in [-0.1, -0.05) is 0 Å². The summed E-state index contributed by atoms with van der Waals surface area (Å²) in [5, 5.41) is 0. The molecule has 0 bridgehead atoms. The number of rotatable bonds is 3. The highest BCUT2D eigenvalue weighted by Gasteiger charge is 2.27. The Kier molecular flexibility index (Phi) is 4.81. The van der Waals surface area contributed by atoms with Crippen molar-refractivity contribution >= 4 is 17.0 Å². The maximum Gasteiger partial charge on any atom is 0.180 e. The van der Waals surface area contributed by atoms with Gasteiger partial charge < -0.3 is 9.64 Å². The summed E-state index contributed by atoms with van der Waals surface area (Å²) in [5.74, 6) is 1.80. The molecule has 0 saturated carbocycles. The average molecular weight is 341 g/mol. The minimum Gasteiger partial charge on any atom is -0.373 e. The van der Waals surface area contributed by atoms with Gasteiger partial charge in [0.25, 0.3) is 0 Å². The van der Waals surface area contributed by atoms with Crippen LogP contribution in [0.1, 0.15) is 26.7 Å². The Morgan fingerprint density at radius 3 is 2.52 bits per heavy atom. The topological polar surface area (TPSA) is 54.4 Å². The first kappa shape index (κ1) is 16.7. The monoisotopic (exact) mass is 341 g/mol. The molecule has 2 aliphatic heterocycles. The van der Waals surface area contributed by atoms with Gasteiger partial charge in [0.1, 0.15) is 11.3 Å². The van der Waals surface area contributed by atoms with Gasteiger partial charge in [0.2, 0.25) is 0 Å². The quantitative estimate of drug-likeness (QED) is 0.854. The van der Waals surface area contributed by atoms with Gasteiger partial charge in [-0.2, -0.15) is 0 Å². The van der Waals surface area contributed by atoms with Crippen LogP contribution in [0.4, 0.5) is 5.82 Å². The normalized spacial score (nSPS) is 26.2. The molecular weight excluding hydrogens is 314 g/mol. The number of hydrogen-bond donors (Lipinski definition) is 0. The molecule has 6 nitrogen and oxygen atoms in total. The van der Waals surface area contributed by atoms with E-state index in [4.69, 9.17) is 4.74 Å². The van der Waals surface area contributed by atoms with Gasteiger partial charge in [0.15, 0.2) is 5.65 Å². The van der Waals surface area contributed by atoms with E-state index in [0.29, 0.717) is 12.2 Å². The number of hydrogen-bond acceptors (Lipinski definition) is 6. The molecule has 2 saturated heterocycles. The molecule has 2 aliphatic rings. The summed E-state index contributed by atoms with van der Waals surface area (Å²) in [6.07, 6.45) is 6.57. The second kappa shape index (κ2) is 7.22. The minimum atomic E-state index is 0.353. The fourth-order valence-electron chi connectivity index (χ4n) is 4.16. The van der Waals surface area contributed by atoms with Crippen LogP contribution in [-0.2, 0) is 4.74 Å². The number of anilines is 1. The number of ether oxygens (including phenoxy) is 1. The number of nitrogens with zero attached hydrogens (tertiary/aromatic N) is 5. The molecule has 0 amide bonds. The first-order valence-electron chi connectivity index (χ1n) is 9.38. The van der Waals surface area contributed by atoms with Crippen molar-refractivity contribution in [2.75, 3.05) is 37.6 Å². The molecule has 0 aliphatic carbocycles. The van der Waals surface area contributed by atoms with Crippen molar-refractivity contribution in [1.82, 2.24) is 19.9 Å². The van der Waals surface area contributed by atoms with Crippen LogP contribution in [0.5, 0.6) is 0 Å². The molecular formula is C19H27N5O. The van der Waals surface area contributed by atoms with E-state index in [1.807, 2.05) is 6.07 Å². The minimum absolute atomic E-state index is 0.353. The summed E-state index contributed by atoms with van der Waals surface area (Å²) in [7, 11) is 0. The summed E-state index contributed by atoms with van der Waals surface area (Å²) < 4.78 is 5.85. The molecule has 2 fully saturated rings. The Morgan fingerprint density at radius 1 is 1.04 bits per heavy atom. The predicted octanol–water partition coefficient (Wildman–Crippen LogP) is 2.35. The highest BCUT2D eigenvalue weighted by molar-refractivity contribution is 5.71. The molecule has 0 aromatic carbocycles. The van der Waals surface area contributed by atoms with Crippen molar-refractivity contribution in [3.05, 3.63) is 24.5 Å².